The molecule has 0 aliphatic carbocycles. The number of nitrogens with two attached hydrogens (primary N) is 1. The number of piperazine rings is 1. The van der Waals surface area contributed by atoms with E-state index >= 15 is 0 Å². The quantitative estimate of drug-likeness (QED) is 0.670. The van der Waals surface area contributed by atoms with Crippen molar-refractivity contribution in [3.8, 4) is 11.5 Å². The van der Waals surface area contributed by atoms with Crippen LogP contribution >= 0.6 is 0 Å². The summed E-state index contributed by atoms with van der Waals surface area (Å²) in [5.74, 6) is 1.71. The van der Waals surface area contributed by atoms with Gasteiger partial charge in [0.1, 0.15) is 5.82 Å². The van der Waals surface area contributed by atoms with E-state index in [1.165, 1.54) is 6.42 Å². The van der Waals surface area contributed by atoms with Gasteiger partial charge in [0.25, 0.3) is 0 Å². The Morgan fingerprint density at radius 2 is 1.70 bits per heavy atom. The van der Waals surface area contributed by atoms with Crippen molar-refractivity contribution >= 4 is 28.7 Å². The number of urea groups is 1. The van der Waals surface area contributed by atoms with Gasteiger partial charge in [-0.05, 0) is 31.4 Å². The van der Waals surface area contributed by atoms with Gasteiger partial charge in [-0.1, -0.05) is 12.1 Å². The number of aromatic nitrogens is 4. The first-order valence-electron chi connectivity index (χ1n) is 10.6. The summed E-state index contributed by atoms with van der Waals surface area (Å²) in [5.41, 5.74) is 8.46. The maximum atomic E-state index is 12.7. The van der Waals surface area contributed by atoms with Crippen molar-refractivity contribution in [2.24, 2.45) is 0 Å². The Morgan fingerprint density at radius 1 is 0.967 bits per heavy atom. The van der Waals surface area contributed by atoms with Crippen molar-refractivity contribution in [2.45, 2.75) is 19.3 Å². The molecule has 3 aromatic rings. The van der Waals surface area contributed by atoms with E-state index in [9.17, 15) is 4.79 Å². The van der Waals surface area contributed by atoms with E-state index in [-0.39, 0.29) is 10.3 Å². The number of carbonyl (C=O) groups excluding carboxylic acids is 1. The molecular weight excluding hydrogens is 380 g/mol. The number of nitrogen functional groups attached to an aromatic ring is 1. The lowest BCUT2D eigenvalue weighted by Crippen LogP contribution is -2.53. The third kappa shape index (κ3) is 3.51. The van der Waals surface area contributed by atoms with Gasteiger partial charge in [0.2, 0.25) is 0 Å². The number of amides is 2. The van der Waals surface area contributed by atoms with Crippen molar-refractivity contribution < 1.29 is 9.07 Å². The van der Waals surface area contributed by atoms with Crippen molar-refractivity contribution in [1.29, 1.82) is 0 Å². The number of hydrogen-bond acceptors (Lipinski definition) is 6. The Morgan fingerprint density at radius 3 is 2.47 bits per heavy atom. The number of imidazole rings is 1. The normalized spacial score (nSPS) is 17.5. The number of fused-ring (bicyclic) bond motifs is 1. The molecule has 2 aliphatic heterocycles. The van der Waals surface area contributed by atoms with Crippen LogP contribution in [0.3, 0.4) is 0 Å². The summed E-state index contributed by atoms with van der Waals surface area (Å²) in [6.07, 6.45) is 5.14. The van der Waals surface area contributed by atoms with Crippen LogP contribution in [0.1, 0.15) is 23.5 Å². The van der Waals surface area contributed by atoms with Crippen LogP contribution in [-0.4, -0.2) is 75.0 Å². The molecule has 162 valence electrons. The third-order valence-corrected chi connectivity index (χ3v) is 5.90. The predicted molar refractivity (Wildman–Crippen MR) is 122 cm³/mol. The lowest BCUT2D eigenvalue weighted by Gasteiger charge is -2.39. The summed E-state index contributed by atoms with van der Waals surface area (Å²) in [6, 6.07) is 7.99. The summed E-state index contributed by atoms with van der Waals surface area (Å²) in [4.78, 5) is 35.8. The van der Waals surface area contributed by atoms with E-state index in [1.54, 1.807) is 6.20 Å². The van der Waals surface area contributed by atoms with E-state index in [1.807, 2.05) is 34.1 Å². The molecule has 2 aliphatic rings. The molecule has 2 saturated heterocycles. The van der Waals surface area contributed by atoms with Gasteiger partial charge >= 0.3 is 6.03 Å². The zero-order chi connectivity index (χ0) is 20.5. The highest BCUT2D eigenvalue weighted by Gasteiger charge is 2.27. The number of anilines is 2. The topological polar surface area (TPSA) is 107 Å². The van der Waals surface area contributed by atoms with Crippen LogP contribution in [0, 0.1) is 0 Å². The third-order valence-electron chi connectivity index (χ3n) is 5.90. The van der Waals surface area contributed by atoms with Crippen LogP contribution in [-0.2, 0) is 0 Å². The summed E-state index contributed by atoms with van der Waals surface area (Å²) >= 11 is 0. The highest BCUT2D eigenvalue weighted by atomic mass is 16.2. The van der Waals surface area contributed by atoms with Crippen molar-refractivity contribution in [3.05, 3.63) is 30.5 Å². The highest BCUT2D eigenvalue weighted by Crippen LogP contribution is 2.25. The van der Waals surface area contributed by atoms with Crippen molar-refractivity contribution in [2.75, 3.05) is 49.9 Å². The standard InChI is InChI=1S/C21H26N8O.3H2/c22-19-18(20-24-15-6-2-3-7-16(15)25-20)26-17(14-23-19)27-10-12-29(13-11-27)21(30)28-8-4-1-5-9-28;;;/h2-3,6-7,14H,1,4-5,8-13H2,(H2,22,23)(H,24,25);3*1H. The average molecular weight is 413 g/mol. The van der Waals surface area contributed by atoms with Crippen LogP contribution in [0.2, 0.25) is 0 Å². The molecule has 0 spiro atoms. The fraction of sp³-hybridized carbons (Fsp3) is 0.429. The average Bonchev–Trinajstić information content (AvgIpc) is 3.24. The van der Waals surface area contributed by atoms with Crippen LogP contribution < -0.4 is 10.6 Å². The second-order valence-corrected chi connectivity index (χ2v) is 7.87. The van der Waals surface area contributed by atoms with Gasteiger partial charge in [-0.15, -0.1) is 0 Å². The number of para-hydroxylation sites is 2. The molecule has 30 heavy (non-hydrogen) atoms. The number of nitrogens with one attached hydrogen (secondary N) is 1. The first kappa shape index (κ1) is 18.7. The first-order chi connectivity index (χ1) is 14.7. The molecule has 2 aromatic heterocycles. The molecule has 5 rings (SSSR count). The number of nitrogens with zero attached hydrogens (tertiary/aromatic N) is 6. The van der Waals surface area contributed by atoms with E-state index < -0.39 is 0 Å². The van der Waals surface area contributed by atoms with E-state index in [0.717, 1.165) is 55.9 Å². The van der Waals surface area contributed by atoms with Gasteiger partial charge in [0.15, 0.2) is 17.3 Å². The predicted octanol–water partition coefficient (Wildman–Crippen LogP) is 3.07. The Hall–Kier alpha value is -3.36. The van der Waals surface area contributed by atoms with Gasteiger partial charge in [-0.25, -0.2) is 19.7 Å². The van der Waals surface area contributed by atoms with Gasteiger partial charge < -0.3 is 25.4 Å². The monoisotopic (exact) mass is 412 g/mol. The van der Waals surface area contributed by atoms with E-state index in [2.05, 4.69) is 19.9 Å². The second-order valence-electron chi connectivity index (χ2n) is 7.87. The van der Waals surface area contributed by atoms with Crippen molar-refractivity contribution in [1.82, 2.24) is 29.7 Å². The zero-order valence-corrected chi connectivity index (χ0v) is 16.9. The Labute approximate surface area is 179 Å². The molecule has 9 nitrogen and oxygen atoms in total. The highest BCUT2D eigenvalue weighted by molar-refractivity contribution is 5.80. The minimum absolute atomic E-state index is 0. The lowest BCUT2D eigenvalue weighted by molar-refractivity contribution is 0.141. The Kier molecular flexibility index (Phi) is 4.86. The van der Waals surface area contributed by atoms with E-state index in [4.69, 9.17) is 10.7 Å². The molecule has 0 unspecified atom stereocenters. The zero-order valence-electron chi connectivity index (χ0n) is 16.9. The number of benzene rings is 1. The SMILES string of the molecule is Nc1ncc(N2CCN(C(=O)N3CCCCC3)CC2)nc1-c1nc2ccccc2[nH]1.[HH].[HH].[HH]. The molecule has 1 aromatic carbocycles. The maximum Gasteiger partial charge on any atom is 0.320 e. The summed E-state index contributed by atoms with van der Waals surface area (Å²) < 4.78 is 0. The van der Waals surface area contributed by atoms with Crippen LogP contribution in [0.4, 0.5) is 16.4 Å². The largest absolute Gasteiger partial charge is 0.382 e. The lowest BCUT2D eigenvalue weighted by atomic mass is 10.1. The smallest absolute Gasteiger partial charge is 0.320 e. The Balaban J connectivity index is 0.00000128. The first-order valence-corrected chi connectivity index (χ1v) is 10.6. The maximum absolute atomic E-state index is 12.7. The van der Waals surface area contributed by atoms with Crippen LogP contribution in [0.5, 0.6) is 0 Å². The minimum Gasteiger partial charge on any atom is -0.382 e. The summed E-state index contributed by atoms with van der Waals surface area (Å²) in [6.45, 7) is 4.56. The summed E-state index contributed by atoms with van der Waals surface area (Å²) in [7, 11) is 0. The molecule has 0 bridgehead atoms. The van der Waals surface area contributed by atoms with Crippen LogP contribution in [0.25, 0.3) is 22.6 Å². The molecule has 9 heteroatoms. The number of piperidine rings is 1. The van der Waals surface area contributed by atoms with Gasteiger partial charge in [-0.3, -0.25) is 0 Å². The number of rotatable bonds is 2. The fourth-order valence-electron chi connectivity index (χ4n) is 4.19. The Bertz CT molecular complexity index is 1030. The molecule has 3 N–H and O–H groups in total. The summed E-state index contributed by atoms with van der Waals surface area (Å²) in [5, 5.41) is 0. The van der Waals surface area contributed by atoms with Gasteiger partial charge in [0.05, 0.1) is 17.2 Å². The van der Waals surface area contributed by atoms with E-state index in [0.29, 0.717) is 30.4 Å². The van der Waals surface area contributed by atoms with Gasteiger partial charge in [-0.2, -0.15) is 0 Å². The molecule has 4 heterocycles. The van der Waals surface area contributed by atoms with Crippen molar-refractivity contribution in [3.63, 3.8) is 0 Å². The van der Waals surface area contributed by atoms with Gasteiger partial charge in [0, 0.05) is 43.5 Å². The molecule has 2 amide bonds. The molecule has 0 radical (unpaired) electrons. The van der Waals surface area contributed by atoms with Crippen LogP contribution in [0.15, 0.2) is 30.5 Å². The number of H-pyrrole nitrogens is 1. The molecule has 2 fully saturated rings. The fourth-order valence-corrected chi connectivity index (χ4v) is 4.19. The number of carbonyl (C=O) groups is 1. The number of hydrogen-bond donors (Lipinski definition) is 2. The molecule has 0 saturated carbocycles. The molecule has 0 atom stereocenters. The second kappa shape index (κ2) is 7.81. The number of aromatic amines is 1. The molecular formula is C21H32N8O. The number of likely N-dealkylation sites (tertiary alicyclic amines) is 1. The minimum atomic E-state index is 0.